The third-order valence-electron chi connectivity index (χ3n) is 10.1. The van der Waals surface area contributed by atoms with E-state index in [1.807, 2.05) is 12.2 Å². The highest BCUT2D eigenvalue weighted by molar-refractivity contribution is 6.10. The predicted octanol–water partition coefficient (Wildman–Crippen LogP) is 14.5. The van der Waals surface area contributed by atoms with Crippen LogP contribution >= 0.6 is 0 Å². The minimum Gasteiger partial charge on any atom is -0.310 e. The van der Waals surface area contributed by atoms with Crippen LogP contribution in [0.2, 0.25) is 0 Å². The maximum absolute atomic E-state index is 3.86. The molecule has 0 amide bonds. The molecule has 0 radical (unpaired) electrons. The van der Waals surface area contributed by atoms with E-state index in [1.54, 1.807) is 0 Å². The Balaban J connectivity index is 1.08. The highest BCUT2D eigenvalue weighted by Gasteiger charge is 2.16. The van der Waals surface area contributed by atoms with Crippen LogP contribution in [-0.4, -0.2) is 4.57 Å². The van der Waals surface area contributed by atoms with Crippen molar-refractivity contribution in [2.24, 2.45) is 0 Å². The highest BCUT2D eigenvalue weighted by atomic mass is 15.1. The summed E-state index contributed by atoms with van der Waals surface area (Å²) in [6, 6.07) is 71.9. The summed E-state index contributed by atoms with van der Waals surface area (Å²) >= 11 is 0. The van der Waals surface area contributed by atoms with Gasteiger partial charge in [0.1, 0.15) is 0 Å². The SMILES string of the molecule is C=C/C=C\c1cccc(N(c2ccc(-c3ccccc3)cc2)c2ccc(-c3ccc4c(c3)c3ccccc3n4-c3ccc(-c4ccccc4)cc3)cc2)c1. The number of anilines is 3. The molecule has 0 spiro atoms. The second kappa shape index (κ2) is 14.5. The number of rotatable bonds is 9. The van der Waals surface area contributed by atoms with Crippen molar-refractivity contribution >= 4 is 44.9 Å². The molecule has 0 unspecified atom stereocenters. The number of nitrogens with zero attached hydrogens (tertiary/aromatic N) is 2. The number of allylic oxidation sites excluding steroid dienone is 2. The van der Waals surface area contributed by atoms with E-state index in [1.165, 1.54) is 55.2 Å². The highest BCUT2D eigenvalue weighted by Crippen LogP contribution is 2.39. The third kappa shape index (κ3) is 6.31. The Morgan fingerprint density at radius 3 is 1.54 bits per heavy atom. The average molecular weight is 691 g/mol. The van der Waals surface area contributed by atoms with Crippen molar-refractivity contribution in [2.45, 2.75) is 0 Å². The van der Waals surface area contributed by atoms with Crippen LogP contribution in [0.3, 0.4) is 0 Å². The number of para-hydroxylation sites is 1. The Hall–Kier alpha value is -7.16. The Labute approximate surface area is 316 Å². The minimum absolute atomic E-state index is 1.09. The van der Waals surface area contributed by atoms with Crippen molar-refractivity contribution in [3.8, 4) is 39.1 Å². The molecule has 9 aromatic rings. The van der Waals surface area contributed by atoms with Crippen LogP contribution in [0.25, 0.3) is 66.9 Å². The maximum atomic E-state index is 3.86. The van der Waals surface area contributed by atoms with Gasteiger partial charge in [-0.3, -0.25) is 0 Å². The zero-order chi connectivity index (χ0) is 36.3. The molecule has 0 atom stereocenters. The van der Waals surface area contributed by atoms with Gasteiger partial charge >= 0.3 is 0 Å². The first-order valence-corrected chi connectivity index (χ1v) is 18.4. The lowest BCUT2D eigenvalue weighted by atomic mass is 10.0. The van der Waals surface area contributed by atoms with E-state index >= 15 is 0 Å². The quantitative estimate of drug-likeness (QED) is 0.137. The van der Waals surface area contributed by atoms with Gasteiger partial charge < -0.3 is 9.47 Å². The van der Waals surface area contributed by atoms with Crippen LogP contribution in [0.1, 0.15) is 5.56 Å². The zero-order valence-corrected chi connectivity index (χ0v) is 29.9. The number of aromatic nitrogens is 1. The zero-order valence-electron chi connectivity index (χ0n) is 29.9. The van der Waals surface area contributed by atoms with E-state index < -0.39 is 0 Å². The van der Waals surface area contributed by atoms with E-state index in [-0.39, 0.29) is 0 Å². The topological polar surface area (TPSA) is 8.17 Å². The normalized spacial score (nSPS) is 11.3. The fraction of sp³-hybridized carbons (Fsp3) is 0. The fourth-order valence-electron chi connectivity index (χ4n) is 7.49. The lowest BCUT2D eigenvalue weighted by molar-refractivity contribution is 1.18. The van der Waals surface area contributed by atoms with Crippen molar-refractivity contribution in [1.82, 2.24) is 4.57 Å². The van der Waals surface area contributed by atoms with Crippen LogP contribution in [0, 0.1) is 0 Å². The molecule has 1 aromatic heterocycles. The number of hydrogen-bond donors (Lipinski definition) is 0. The molecule has 2 nitrogen and oxygen atoms in total. The standard InChI is InChI=1S/C52H38N2/c1-2-3-13-38-14-12-19-48(36-38)53(45-29-22-41(23-30-45)39-15-6-4-7-16-39)46-31-26-43(27-32-46)44-28-35-52-50(37-44)49-20-10-11-21-51(49)54(52)47-33-24-42(25-34-47)40-17-8-5-9-18-40/h2-37H,1H2/b13-3-. The molecule has 8 aromatic carbocycles. The molecule has 0 saturated carbocycles. The summed E-state index contributed by atoms with van der Waals surface area (Å²) in [5.41, 5.74) is 15.1. The number of fused-ring (bicyclic) bond motifs is 3. The van der Waals surface area contributed by atoms with Crippen molar-refractivity contribution in [3.05, 3.63) is 224 Å². The summed E-state index contributed by atoms with van der Waals surface area (Å²) in [7, 11) is 0. The Morgan fingerprint density at radius 2 is 0.907 bits per heavy atom. The average Bonchev–Trinajstić information content (AvgIpc) is 3.58. The smallest absolute Gasteiger partial charge is 0.0541 e. The van der Waals surface area contributed by atoms with Crippen LogP contribution in [-0.2, 0) is 0 Å². The van der Waals surface area contributed by atoms with Gasteiger partial charge in [-0.25, -0.2) is 0 Å². The first-order valence-electron chi connectivity index (χ1n) is 18.4. The van der Waals surface area contributed by atoms with Gasteiger partial charge in [0.15, 0.2) is 0 Å². The van der Waals surface area contributed by atoms with Crippen LogP contribution < -0.4 is 4.90 Å². The molecular weight excluding hydrogens is 653 g/mol. The molecule has 1 heterocycles. The van der Waals surface area contributed by atoms with Gasteiger partial charge in [-0.2, -0.15) is 0 Å². The van der Waals surface area contributed by atoms with Crippen molar-refractivity contribution in [3.63, 3.8) is 0 Å². The van der Waals surface area contributed by atoms with Crippen LogP contribution in [0.4, 0.5) is 17.1 Å². The first kappa shape index (κ1) is 32.7. The summed E-state index contributed by atoms with van der Waals surface area (Å²) < 4.78 is 2.38. The van der Waals surface area contributed by atoms with Gasteiger partial charge in [-0.05, 0) is 106 Å². The van der Waals surface area contributed by atoms with Gasteiger partial charge in [-0.1, -0.05) is 158 Å². The molecule has 0 N–H and O–H groups in total. The van der Waals surface area contributed by atoms with E-state index in [0.717, 1.165) is 28.3 Å². The van der Waals surface area contributed by atoms with Gasteiger partial charge in [0.25, 0.3) is 0 Å². The number of benzene rings is 8. The van der Waals surface area contributed by atoms with Crippen LogP contribution in [0.5, 0.6) is 0 Å². The Kier molecular flexibility index (Phi) is 8.76. The fourth-order valence-corrected chi connectivity index (χ4v) is 7.49. The molecule has 0 aliphatic carbocycles. The second-order valence-corrected chi connectivity index (χ2v) is 13.5. The molecule has 0 aliphatic heterocycles. The summed E-state index contributed by atoms with van der Waals surface area (Å²) in [5.74, 6) is 0. The lowest BCUT2D eigenvalue weighted by Crippen LogP contribution is -2.10. The van der Waals surface area contributed by atoms with Gasteiger partial charge in [0, 0.05) is 33.5 Å². The molecule has 2 heteroatoms. The molecule has 0 aliphatic rings. The maximum Gasteiger partial charge on any atom is 0.0541 e. The molecule has 9 rings (SSSR count). The van der Waals surface area contributed by atoms with E-state index in [4.69, 9.17) is 0 Å². The van der Waals surface area contributed by atoms with E-state index in [2.05, 4.69) is 222 Å². The van der Waals surface area contributed by atoms with Gasteiger partial charge in [0.05, 0.1) is 11.0 Å². The van der Waals surface area contributed by atoms with Crippen molar-refractivity contribution in [1.29, 1.82) is 0 Å². The van der Waals surface area contributed by atoms with Crippen molar-refractivity contribution in [2.75, 3.05) is 4.90 Å². The molecule has 0 bridgehead atoms. The van der Waals surface area contributed by atoms with Crippen LogP contribution in [0.15, 0.2) is 219 Å². The molecule has 0 fully saturated rings. The van der Waals surface area contributed by atoms with Gasteiger partial charge in [-0.15, -0.1) is 0 Å². The molecule has 0 saturated heterocycles. The second-order valence-electron chi connectivity index (χ2n) is 13.5. The summed E-state index contributed by atoms with van der Waals surface area (Å²) in [6.45, 7) is 3.86. The lowest BCUT2D eigenvalue weighted by Gasteiger charge is -2.26. The van der Waals surface area contributed by atoms with E-state index in [0.29, 0.717) is 0 Å². The Morgan fingerprint density at radius 1 is 0.389 bits per heavy atom. The monoisotopic (exact) mass is 690 g/mol. The predicted molar refractivity (Wildman–Crippen MR) is 231 cm³/mol. The molecular formula is C52H38N2. The summed E-state index contributed by atoms with van der Waals surface area (Å²) in [4.78, 5) is 2.32. The largest absolute Gasteiger partial charge is 0.310 e. The van der Waals surface area contributed by atoms with Gasteiger partial charge in [0.2, 0.25) is 0 Å². The summed E-state index contributed by atoms with van der Waals surface area (Å²) in [6.07, 6.45) is 5.87. The molecule has 54 heavy (non-hydrogen) atoms. The van der Waals surface area contributed by atoms with Crippen molar-refractivity contribution < 1.29 is 0 Å². The minimum atomic E-state index is 1.09. The first-order chi connectivity index (χ1) is 26.7. The summed E-state index contributed by atoms with van der Waals surface area (Å²) in [5, 5.41) is 2.48. The van der Waals surface area contributed by atoms with E-state index in [9.17, 15) is 0 Å². The number of hydrogen-bond acceptors (Lipinski definition) is 1. The Bertz CT molecular complexity index is 2740. The third-order valence-corrected chi connectivity index (χ3v) is 10.1. The molecule has 256 valence electrons.